The summed E-state index contributed by atoms with van der Waals surface area (Å²) in [6.45, 7) is 12.2. The van der Waals surface area contributed by atoms with Gasteiger partial charge in [0, 0.05) is 44.8 Å². The summed E-state index contributed by atoms with van der Waals surface area (Å²) in [5.74, 6) is 0. The number of piperidine rings is 1. The first-order valence-electron chi connectivity index (χ1n) is 11.0. The molecule has 6 nitrogen and oxygen atoms in total. The monoisotopic (exact) mass is 401 g/mol. The van der Waals surface area contributed by atoms with Crippen molar-refractivity contribution in [3.63, 3.8) is 0 Å². The molecule has 0 bridgehead atoms. The lowest BCUT2D eigenvalue weighted by molar-refractivity contribution is -0.0843. The highest BCUT2D eigenvalue weighted by molar-refractivity contribution is 5.68. The quantitative estimate of drug-likeness (QED) is 0.779. The Bertz CT molecular complexity index is 676. The van der Waals surface area contributed by atoms with E-state index in [0.717, 1.165) is 58.8 Å². The van der Waals surface area contributed by atoms with Gasteiger partial charge in [-0.3, -0.25) is 9.80 Å². The molecule has 3 saturated heterocycles. The Balaban J connectivity index is 1.26. The number of carbonyl (C=O) groups is 1. The second kappa shape index (κ2) is 8.62. The number of morpholine rings is 1. The molecule has 6 heteroatoms. The molecule has 3 aliphatic rings. The SMILES string of the molecule is CC(C)(C)OC(=O)N1CCC(N2CC(N3CCOC[C@H]3c3ccccc3)C2)CC1. The first kappa shape index (κ1) is 20.6. The van der Waals surface area contributed by atoms with Gasteiger partial charge in [0.15, 0.2) is 0 Å². The van der Waals surface area contributed by atoms with Crippen molar-refractivity contribution in [3.05, 3.63) is 35.9 Å². The molecule has 0 aromatic heterocycles. The predicted octanol–water partition coefficient (Wildman–Crippen LogP) is 3.14. The van der Waals surface area contributed by atoms with Gasteiger partial charge in [0.2, 0.25) is 0 Å². The molecule has 0 aliphatic carbocycles. The van der Waals surface area contributed by atoms with Crippen LogP contribution >= 0.6 is 0 Å². The van der Waals surface area contributed by atoms with Gasteiger partial charge in [-0.1, -0.05) is 30.3 Å². The van der Waals surface area contributed by atoms with Crippen molar-refractivity contribution in [3.8, 4) is 0 Å². The van der Waals surface area contributed by atoms with Crippen molar-refractivity contribution in [2.75, 3.05) is 45.9 Å². The van der Waals surface area contributed by atoms with Gasteiger partial charge in [0.1, 0.15) is 5.60 Å². The average Bonchev–Trinajstić information content (AvgIpc) is 2.67. The van der Waals surface area contributed by atoms with E-state index in [2.05, 4.69) is 40.1 Å². The van der Waals surface area contributed by atoms with E-state index in [0.29, 0.717) is 18.1 Å². The Morgan fingerprint density at radius 3 is 2.38 bits per heavy atom. The molecule has 0 saturated carbocycles. The van der Waals surface area contributed by atoms with Crippen LogP contribution in [0.4, 0.5) is 4.79 Å². The number of hydrogen-bond donors (Lipinski definition) is 0. The van der Waals surface area contributed by atoms with Gasteiger partial charge in [-0.15, -0.1) is 0 Å². The highest BCUT2D eigenvalue weighted by Gasteiger charge is 2.41. The van der Waals surface area contributed by atoms with Crippen LogP contribution in [0.15, 0.2) is 30.3 Å². The molecule has 0 radical (unpaired) electrons. The number of benzene rings is 1. The molecule has 0 unspecified atom stereocenters. The largest absolute Gasteiger partial charge is 0.444 e. The summed E-state index contributed by atoms with van der Waals surface area (Å²) in [7, 11) is 0. The molecule has 3 fully saturated rings. The number of rotatable bonds is 3. The van der Waals surface area contributed by atoms with Crippen LogP contribution in [0.2, 0.25) is 0 Å². The molecular weight excluding hydrogens is 366 g/mol. The third-order valence-corrected chi connectivity index (χ3v) is 6.35. The number of carbonyl (C=O) groups excluding carboxylic acids is 1. The Hall–Kier alpha value is -1.63. The van der Waals surface area contributed by atoms with Gasteiger partial charge in [0.25, 0.3) is 0 Å². The van der Waals surface area contributed by atoms with Crippen molar-refractivity contribution >= 4 is 6.09 Å². The van der Waals surface area contributed by atoms with E-state index >= 15 is 0 Å². The van der Waals surface area contributed by atoms with Crippen molar-refractivity contribution in [2.24, 2.45) is 0 Å². The predicted molar refractivity (Wildman–Crippen MR) is 113 cm³/mol. The summed E-state index contributed by atoms with van der Waals surface area (Å²) < 4.78 is 11.3. The van der Waals surface area contributed by atoms with Gasteiger partial charge in [-0.2, -0.15) is 0 Å². The lowest BCUT2D eigenvalue weighted by Crippen LogP contribution is -2.65. The fourth-order valence-electron chi connectivity index (χ4n) is 4.75. The lowest BCUT2D eigenvalue weighted by Gasteiger charge is -2.53. The Morgan fingerprint density at radius 2 is 1.72 bits per heavy atom. The summed E-state index contributed by atoms with van der Waals surface area (Å²) >= 11 is 0. The summed E-state index contributed by atoms with van der Waals surface area (Å²) in [6, 6.07) is 12.3. The second-order valence-electron chi connectivity index (χ2n) is 9.55. The van der Waals surface area contributed by atoms with Crippen LogP contribution < -0.4 is 0 Å². The average molecular weight is 402 g/mol. The number of likely N-dealkylation sites (tertiary alicyclic amines) is 2. The number of hydrogen-bond acceptors (Lipinski definition) is 5. The molecule has 1 aromatic carbocycles. The minimum atomic E-state index is -0.425. The topological polar surface area (TPSA) is 45.2 Å². The van der Waals surface area contributed by atoms with Crippen LogP contribution in [0.5, 0.6) is 0 Å². The van der Waals surface area contributed by atoms with Crippen LogP contribution in [-0.4, -0.2) is 84.4 Å². The summed E-state index contributed by atoms with van der Waals surface area (Å²) in [5.41, 5.74) is 0.933. The lowest BCUT2D eigenvalue weighted by atomic mass is 9.94. The van der Waals surface area contributed by atoms with Crippen molar-refractivity contribution < 1.29 is 14.3 Å². The van der Waals surface area contributed by atoms with Gasteiger partial charge >= 0.3 is 6.09 Å². The zero-order valence-electron chi connectivity index (χ0n) is 18.0. The van der Waals surface area contributed by atoms with Gasteiger partial charge in [0.05, 0.1) is 19.3 Å². The molecule has 4 rings (SSSR count). The van der Waals surface area contributed by atoms with Crippen molar-refractivity contribution in [2.45, 2.75) is 57.3 Å². The molecule has 1 atom stereocenters. The molecule has 1 aromatic rings. The highest BCUT2D eigenvalue weighted by Crippen LogP contribution is 2.32. The standard InChI is InChI=1S/C23H35N3O3/c1-23(2,3)29-22(27)24-11-9-19(10-12-24)25-15-20(16-25)26-13-14-28-17-21(26)18-7-5-4-6-8-18/h4-8,19-21H,9-17H2,1-3H3/t21-/m0/s1. The number of nitrogens with zero attached hydrogens (tertiary/aromatic N) is 3. The van der Waals surface area contributed by atoms with Crippen LogP contribution in [0.1, 0.15) is 45.2 Å². The van der Waals surface area contributed by atoms with Crippen LogP contribution in [0.25, 0.3) is 0 Å². The number of amides is 1. The third-order valence-electron chi connectivity index (χ3n) is 6.35. The molecule has 160 valence electrons. The minimum absolute atomic E-state index is 0.170. The third kappa shape index (κ3) is 4.93. The fraction of sp³-hybridized carbons (Fsp3) is 0.696. The molecular formula is C23H35N3O3. The number of ether oxygens (including phenoxy) is 2. The van der Waals surface area contributed by atoms with Crippen molar-refractivity contribution in [1.82, 2.24) is 14.7 Å². The normalized spacial score (nSPS) is 25.6. The molecule has 29 heavy (non-hydrogen) atoms. The van der Waals surface area contributed by atoms with Gasteiger partial charge in [-0.05, 0) is 39.2 Å². The zero-order chi connectivity index (χ0) is 20.4. The molecule has 1 amide bonds. The van der Waals surface area contributed by atoms with E-state index in [1.807, 2.05) is 25.7 Å². The maximum atomic E-state index is 12.3. The first-order valence-corrected chi connectivity index (χ1v) is 11.0. The molecule has 0 spiro atoms. The van der Waals surface area contributed by atoms with Crippen LogP contribution in [-0.2, 0) is 9.47 Å². The van der Waals surface area contributed by atoms with E-state index < -0.39 is 5.60 Å². The van der Waals surface area contributed by atoms with Crippen LogP contribution in [0, 0.1) is 0 Å². The summed E-state index contributed by atoms with van der Waals surface area (Å²) in [6.07, 6.45) is 1.91. The van der Waals surface area contributed by atoms with Crippen LogP contribution in [0.3, 0.4) is 0 Å². The second-order valence-corrected chi connectivity index (χ2v) is 9.55. The van der Waals surface area contributed by atoms with Gasteiger partial charge in [-0.25, -0.2) is 4.79 Å². The first-order chi connectivity index (χ1) is 13.9. The van der Waals surface area contributed by atoms with Crippen molar-refractivity contribution in [1.29, 1.82) is 0 Å². The maximum Gasteiger partial charge on any atom is 0.410 e. The molecule has 3 heterocycles. The van der Waals surface area contributed by atoms with Gasteiger partial charge < -0.3 is 14.4 Å². The molecule has 3 aliphatic heterocycles. The summed E-state index contributed by atoms with van der Waals surface area (Å²) in [5, 5.41) is 0. The Labute approximate surface area is 174 Å². The van der Waals surface area contributed by atoms with E-state index in [9.17, 15) is 4.79 Å². The Morgan fingerprint density at radius 1 is 1.03 bits per heavy atom. The maximum absolute atomic E-state index is 12.3. The summed E-state index contributed by atoms with van der Waals surface area (Å²) in [4.78, 5) is 19.4. The van der Waals surface area contributed by atoms with E-state index in [4.69, 9.17) is 9.47 Å². The molecule has 0 N–H and O–H groups in total. The van der Waals surface area contributed by atoms with E-state index in [1.165, 1.54) is 5.56 Å². The smallest absolute Gasteiger partial charge is 0.410 e. The van der Waals surface area contributed by atoms with E-state index in [1.54, 1.807) is 0 Å². The highest BCUT2D eigenvalue weighted by atomic mass is 16.6. The Kier molecular flexibility index (Phi) is 6.13. The zero-order valence-corrected chi connectivity index (χ0v) is 18.0. The van der Waals surface area contributed by atoms with E-state index in [-0.39, 0.29) is 6.09 Å². The minimum Gasteiger partial charge on any atom is -0.444 e. The fourth-order valence-corrected chi connectivity index (χ4v) is 4.75.